The molecule has 88 valence electrons. The molecule has 2 atom stereocenters. The molecule has 0 amide bonds. The molecule has 0 spiro atoms. The molecule has 17 heavy (non-hydrogen) atoms. The zero-order chi connectivity index (χ0) is 13.4. The Balaban J connectivity index is 3.64. The van der Waals surface area contributed by atoms with E-state index < -0.39 is 22.1 Å². The van der Waals surface area contributed by atoms with E-state index in [0.29, 0.717) is 0 Å². The van der Waals surface area contributed by atoms with Gasteiger partial charge in [0.25, 0.3) is 0 Å². The quantitative estimate of drug-likeness (QED) is 0.620. The van der Waals surface area contributed by atoms with Crippen molar-refractivity contribution in [3.63, 3.8) is 0 Å². The van der Waals surface area contributed by atoms with Gasteiger partial charge in [0.05, 0.1) is 29.3 Å². The first-order chi connectivity index (χ1) is 7.82. The van der Waals surface area contributed by atoms with Crippen molar-refractivity contribution < 1.29 is 5.21 Å². The van der Waals surface area contributed by atoms with Crippen molar-refractivity contribution in [3.8, 4) is 18.2 Å². The molecule has 7 heteroatoms. The Hall–Kier alpha value is -2.11. The summed E-state index contributed by atoms with van der Waals surface area (Å²) in [6.07, 6.45) is 0. The van der Waals surface area contributed by atoms with Crippen LogP contribution in [-0.4, -0.2) is 16.0 Å². The van der Waals surface area contributed by atoms with Gasteiger partial charge in [-0.3, -0.25) is 5.23 Å². The highest BCUT2D eigenvalue weighted by Crippen LogP contribution is 2.52. The van der Waals surface area contributed by atoms with Crippen molar-refractivity contribution in [1.29, 1.82) is 15.8 Å². The highest BCUT2D eigenvalue weighted by molar-refractivity contribution is 5.54. The minimum absolute atomic E-state index is 0.242. The van der Waals surface area contributed by atoms with Crippen LogP contribution >= 0.6 is 0 Å². The SMILES string of the molecule is CC1C(C#N)(C#N)C(C#N)=C(N)C1(C)N([O-])O. The first-order valence-corrected chi connectivity index (χ1v) is 4.72. The van der Waals surface area contributed by atoms with Crippen molar-refractivity contribution >= 4 is 0 Å². The maximum Gasteiger partial charge on any atom is 0.184 e. The number of hydrogen-bond donors (Lipinski definition) is 2. The molecule has 7 nitrogen and oxygen atoms in total. The van der Waals surface area contributed by atoms with E-state index in [-0.39, 0.29) is 11.3 Å². The van der Waals surface area contributed by atoms with Gasteiger partial charge in [-0.05, 0) is 6.92 Å². The molecule has 0 aromatic rings. The number of nitrogens with zero attached hydrogens (tertiary/aromatic N) is 4. The van der Waals surface area contributed by atoms with Crippen molar-refractivity contribution in [2.75, 3.05) is 0 Å². The molecular weight excluding hydrogens is 222 g/mol. The van der Waals surface area contributed by atoms with Crippen LogP contribution in [0.25, 0.3) is 0 Å². The second-order valence-electron chi connectivity index (χ2n) is 4.07. The third kappa shape index (κ3) is 1.23. The third-order valence-electron chi connectivity index (χ3n) is 3.56. The molecule has 0 fully saturated rings. The Morgan fingerprint density at radius 3 is 2.12 bits per heavy atom. The van der Waals surface area contributed by atoms with Crippen molar-refractivity contribution in [1.82, 2.24) is 5.23 Å². The Kier molecular flexibility index (Phi) is 2.84. The highest BCUT2D eigenvalue weighted by atomic mass is 16.8. The molecule has 0 aromatic heterocycles. The maximum atomic E-state index is 11.2. The Bertz CT molecular complexity index is 490. The Morgan fingerprint density at radius 2 is 1.88 bits per heavy atom. The van der Waals surface area contributed by atoms with Crippen LogP contribution in [0.3, 0.4) is 0 Å². The lowest BCUT2D eigenvalue weighted by atomic mass is 9.73. The lowest BCUT2D eigenvalue weighted by Gasteiger charge is -2.43. The van der Waals surface area contributed by atoms with Crippen LogP contribution in [0.4, 0.5) is 0 Å². The monoisotopic (exact) mass is 232 g/mol. The summed E-state index contributed by atoms with van der Waals surface area (Å²) >= 11 is 0. The summed E-state index contributed by atoms with van der Waals surface area (Å²) in [5.41, 5.74) is 1.66. The molecule has 0 saturated carbocycles. The minimum Gasteiger partial charge on any atom is -0.761 e. The standard InChI is InChI=1S/C10H10N5O2/c1-6-9(2,15(16)17)8(14)7(3-11)10(6,4-12)5-13/h6,16H,14H2,1-2H3/q-1. The number of hydrogen-bond acceptors (Lipinski definition) is 7. The fraction of sp³-hybridized carbons (Fsp3) is 0.500. The number of rotatable bonds is 1. The average molecular weight is 232 g/mol. The first kappa shape index (κ1) is 13.0. The van der Waals surface area contributed by atoms with Crippen LogP contribution in [0.15, 0.2) is 11.3 Å². The summed E-state index contributed by atoms with van der Waals surface area (Å²) in [5.74, 6) is -0.929. The molecule has 3 N–H and O–H groups in total. The second-order valence-corrected chi connectivity index (χ2v) is 4.07. The smallest absolute Gasteiger partial charge is 0.184 e. The summed E-state index contributed by atoms with van der Waals surface area (Å²) in [6, 6.07) is 5.12. The highest BCUT2D eigenvalue weighted by Gasteiger charge is 2.59. The molecule has 0 heterocycles. The molecule has 0 saturated heterocycles. The van der Waals surface area contributed by atoms with Gasteiger partial charge < -0.3 is 16.1 Å². The fourth-order valence-corrected chi connectivity index (χ4v) is 2.08. The fourth-order valence-electron chi connectivity index (χ4n) is 2.08. The zero-order valence-corrected chi connectivity index (χ0v) is 9.30. The van der Waals surface area contributed by atoms with E-state index >= 15 is 0 Å². The maximum absolute atomic E-state index is 11.2. The predicted molar refractivity (Wildman–Crippen MR) is 55.0 cm³/mol. The number of hydroxylamine groups is 2. The summed E-state index contributed by atoms with van der Waals surface area (Å²) in [7, 11) is 0. The van der Waals surface area contributed by atoms with E-state index in [4.69, 9.17) is 26.7 Å². The summed E-state index contributed by atoms with van der Waals surface area (Å²) in [5, 5.41) is 47.1. The van der Waals surface area contributed by atoms with Gasteiger partial charge in [-0.15, -0.1) is 0 Å². The zero-order valence-electron chi connectivity index (χ0n) is 9.30. The molecule has 0 aromatic carbocycles. The van der Waals surface area contributed by atoms with Crippen LogP contribution in [0.5, 0.6) is 0 Å². The van der Waals surface area contributed by atoms with Crippen molar-refractivity contribution in [2.24, 2.45) is 17.1 Å². The van der Waals surface area contributed by atoms with E-state index in [1.54, 1.807) is 18.2 Å². The van der Waals surface area contributed by atoms with E-state index in [1.807, 2.05) is 0 Å². The van der Waals surface area contributed by atoms with Gasteiger partial charge >= 0.3 is 0 Å². The number of nitrogens with two attached hydrogens (primary N) is 1. The van der Waals surface area contributed by atoms with Gasteiger partial charge in [0.1, 0.15) is 0 Å². The Morgan fingerprint density at radius 1 is 1.41 bits per heavy atom. The van der Waals surface area contributed by atoms with E-state index in [0.717, 1.165) is 0 Å². The summed E-state index contributed by atoms with van der Waals surface area (Å²) in [4.78, 5) is 0. The van der Waals surface area contributed by atoms with Crippen molar-refractivity contribution in [3.05, 3.63) is 16.5 Å². The van der Waals surface area contributed by atoms with Crippen LogP contribution in [0, 0.1) is 50.5 Å². The van der Waals surface area contributed by atoms with Crippen LogP contribution in [0.2, 0.25) is 0 Å². The summed E-state index contributed by atoms with van der Waals surface area (Å²) in [6.45, 7) is 2.71. The normalized spacial score (nSPS) is 30.8. The van der Waals surface area contributed by atoms with Gasteiger partial charge in [-0.1, -0.05) is 6.92 Å². The first-order valence-electron chi connectivity index (χ1n) is 4.72. The van der Waals surface area contributed by atoms with Gasteiger partial charge in [-0.2, -0.15) is 15.8 Å². The van der Waals surface area contributed by atoms with Crippen LogP contribution in [0.1, 0.15) is 13.8 Å². The molecule has 0 radical (unpaired) electrons. The number of allylic oxidation sites excluding steroid dienone is 1. The van der Waals surface area contributed by atoms with Crippen LogP contribution < -0.4 is 5.73 Å². The largest absolute Gasteiger partial charge is 0.761 e. The third-order valence-corrected chi connectivity index (χ3v) is 3.56. The molecule has 0 bridgehead atoms. The van der Waals surface area contributed by atoms with Gasteiger partial charge in [-0.25, -0.2) is 0 Å². The summed E-state index contributed by atoms with van der Waals surface area (Å²) < 4.78 is 0. The van der Waals surface area contributed by atoms with Gasteiger partial charge in [0, 0.05) is 11.6 Å². The molecule has 0 aliphatic heterocycles. The lowest BCUT2D eigenvalue weighted by molar-refractivity contribution is -0.129. The average Bonchev–Trinajstić information content (AvgIpc) is 2.48. The predicted octanol–water partition coefficient (Wildman–Crippen LogP) is 0.354. The van der Waals surface area contributed by atoms with Crippen molar-refractivity contribution in [2.45, 2.75) is 19.4 Å². The van der Waals surface area contributed by atoms with Gasteiger partial charge in [0.15, 0.2) is 5.41 Å². The van der Waals surface area contributed by atoms with Gasteiger partial charge in [0.2, 0.25) is 0 Å². The molecule has 1 aliphatic carbocycles. The lowest BCUT2D eigenvalue weighted by Crippen LogP contribution is -2.50. The van der Waals surface area contributed by atoms with Crippen LogP contribution in [-0.2, 0) is 0 Å². The Labute approximate surface area is 98.1 Å². The number of nitriles is 3. The topological polar surface area (TPSA) is 144 Å². The van der Waals surface area contributed by atoms with E-state index in [1.165, 1.54) is 13.8 Å². The van der Waals surface area contributed by atoms with E-state index in [2.05, 4.69) is 0 Å². The molecule has 1 aliphatic rings. The molecule has 1 rings (SSSR count). The second kappa shape index (κ2) is 3.73. The van der Waals surface area contributed by atoms with E-state index in [9.17, 15) is 5.21 Å². The minimum atomic E-state index is -1.81. The molecular formula is C10H10N5O2-. The molecule has 2 unspecified atom stereocenters.